The van der Waals surface area contributed by atoms with Gasteiger partial charge in [-0.3, -0.25) is 19.9 Å². The maximum absolute atomic E-state index is 12.4. The SMILES string of the molecule is CN(CCCCCN)C(=O)CCc1ccc(-c2ccc(CCCCN=C(N)NC(=O)c3nc(Cl)c(N)nc3N)cc2)cc1. The van der Waals surface area contributed by atoms with E-state index in [0.717, 1.165) is 68.2 Å². The van der Waals surface area contributed by atoms with Gasteiger partial charge in [-0.15, -0.1) is 0 Å². The summed E-state index contributed by atoms with van der Waals surface area (Å²) in [5.74, 6) is -0.729. The Bertz CT molecular complexity index is 1380. The Morgan fingerprint density at radius 3 is 2.12 bits per heavy atom. The molecule has 0 aliphatic rings. The molecule has 43 heavy (non-hydrogen) atoms. The molecule has 0 fully saturated rings. The van der Waals surface area contributed by atoms with Gasteiger partial charge in [0.25, 0.3) is 5.91 Å². The summed E-state index contributed by atoms with van der Waals surface area (Å²) in [6, 6.07) is 16.9. The van der Waals surface area contributed by atoms with Crippen molar-refractivity contribution in [3.63, 3.8) is 0 Å². The number of rotatable bonds is 15. The van der Waals surface area contributed by atoms with Crippen LogP contribution in [-0.2, 0) is 17.6 Å². The predicted molar refractivity (Wildman–Crippen MR) is 174 cm³/mol. The van der Waals surface area contributed by atoms with E-state index in [0.29, 0.717) is 19.5 Å². The fourth-order valence-electron chi connectivity index (χ4n) is 4.43. The summed E-state index contributed by atoms with van der Waals surface area (Å²) < 4.78 is 0. The molecular formula is C31H42ClN9O2. The van der Waals surface area contributed by atoms with Crippen molar-refractivity contribution in [2.75, 3.05) is 38.1 Å². The first kappa shape index (κ1) is 33.3. The molecule has 0 saturated heterocycles. The number of aromatic nitrogens is 2. The number of unbranched alkanes of at least 4 members (excludes halogenated alkanes) is 3. The Hall–Kier alpha value is -4.22. The standard InChI is InChI=1S/C31H42ClN9O2/c1-41(20-6-2-4-18-33)25(42)17-12-22-10-15-24(16-11-22)23-13-8-21(9-14-23)7-3-5-19-37-31(36)40-30(43)26-28(34)39-29(35)27(32)38-26/h8-11,13-16H,2-7,12,17-20,33H2,1H3,(H4,34,35,39)(H3,36,37,40,43). The molecule has 3 aromatic rings. The molecule has 12 heteroatoms. The quantitative estimate of drug-likeness (QED) is 0.0983. The number of carbonyl (C=O) groups excluding carboxylic acids is 2. The van der Waals surface area contributed by atoms with Gasteiger partial charge in [-0.05, 0) is 67.3 Å². The highest BCUT2D eigenvalue weighted by atomic mass is 35.5. The number of amides is 2. The second-order valence-electron chi connectivity index (χ2n) is 10.4. The molecule has 1 heterocycles. The number of nitrogens with two attached hydrogens (primary N) is 4. The minimum Gasteiger partial charge on any atom is -0.382 e. The molecule has 3 rings (SSSR count). The lowest BCUT2D eigenvalue weighted by molar-refractivity contribution is -0.129. The number of hydrogen-bond donors (Lipinski definition) is 5. The third-order valence-electron chi connectivity index (χ3n) is 7.01. The molecule has 9 N–H and O–H groups in total. The van der Waals surface area contributed by atoms with Crippen LogP contribution < -0.4 is 28.3 Å². The molecule has 0 aliphatic carbocycles. The van der Waals surface area contributed by atoms with Crippen LogP contribution in [0.5, 0.6) is 0 Å². The molecule has 0 atom stereocenters. The second kappa shape index (κ2) is 17.0. The number of halogens is 1. The van der Waals surface area contributed by atoms with Crippen LogP contribution >= 0.6 is 11.6 Å². The third kappa shape index (κ3) is 10.8. The minimum absolute atomic E-state index is 0.0393. The smallest absolute Gasteiger partial charge is 0.280 e. The van der Waals surface area contributed by atoms with Crippen LogP contribution in [0, 0.1) is 0 Å². The Morgan fingerprint density at radius 2 is 1.49 bits per heavy atom. The van der Waals surface area contributed by atoms with Crippen LogP contribution in [0.3, 0.4) is 0 Å². The van der Waals surface area contributed by atoms with Crippen LogP contribution in [0.25, 0.3) is 11.1 Å². The monoisotopic (exact) mass is 607 g/mol. The van der Waals surface area contributed by atoms with Crippen molar-refractivity contribution in [1.29, 1.82) is 0 Å². The average Bonchev–Trinajstić information content (AvgIpc) is 3.00. The molecule has 230 valence electrons. The largest absolute Gasteiger partial charge is 0.382 e. The van der Waals surface area contributed by atoms with E-state index in [1.165, 1.54) is 5.56 Å². The summed E-state index contributed by atoms with van der Waals surface area (Å²) in [5, 5.41) is 2.31. The number of aryl methyl sites for hydroxylation is 2. The van der Waals surface area contributed by atoms with Gasteiger partial charge >= 0.3 is 0 Å². The predicted octanol–water partition coefficient (Wildman–Crippen LogP) is 3.55. The lowest BCUT2D eigenvalue weighted by Gasteiger charge is -2.17. The van der Waals surface area contributed by atoms with Gasteiger partial charge < -0.3 is 27.8 Å². The number of anilines is 2. The van der Waals surface area contributed by atoms with Crippen molar-refractivity contribution in [2.45, 2.75) is 51.4 Å². The first-order valence-corrected chi connectivity index (χ1v) is 14.9. The zero-order valence-corrected chi connectivity index (χ0v) is 25.4. The summed E-state index contributed by atoms with van der Waals surface area (Å²) in [6.07, 6.45) is 6.89. The molecular weight excluding hydrogens is 566 g/mol. The van der Waals surface area contributed by atoms with E-state index in [-0.39, 0.29) is 34.3 Å². The molecule has 11 nitrogen and oxygen atoms in total. The highest BCUT2D eigenvalue weighted by molar-refractivity contribution is 6.31. The van der Waals surface area contributed by atoms with Crippen molar-refractivity contribution < 1.29 is 9.59 Å². The van der Waals surface area contributed by atoms with Crippen molar-refractivity contribution in [3.05, 3.63) is 70.5 Å². The van der Waals surface area contributed by atoms with E-state index >= 15 is 0 Å². The fraction of sp³-hybridized carbons (Fsp3) is 0.387. The van der Waals surface area contributed by atoms with E-state index in [4.69, 9.17) is 34.5 Å². The molecule has 0 spiro atoms. The van der Waals surface area contributed by atoms with Crippen LogP contribution in [0.4, 0.5) is 11.6 Å². The van der Waals surface area contributed by atoms with E-state index in [9.17, 15) is 9.59 Å². The third-order valence-corrected chi connectivity index (χ3v) is 7.29. The lowest BCUT2D eigenvalue weighted by atomic mass is 9.99. The van der Waals surface area contributed by atoms with Gasteiger partial charge in [0.05, 0.1) is 0 Å². The summed E-state index contributed by atoms with van der Waals surface area (Å²) in [7, 11) is 1.87. The summed E-state index contributed by atoms with van der Waals surface area (Å²) in [4.78, 5) is 38.4. The molecule has 0 aliphatic heterocycles. The number of benzene rings is 2. The van der Waals surface area contributed by atoms with E-state index < -0.39 is 5.91 Å². The van der Waals surface area contributed by atoms with Gasteiger partial charge in [-0.2, -0.15) is 0 Å². The molecule has 0 saturated carbocycles. The van der Waals surface area contributed by atoms with Crippen molar-refractivity contribution >= 4 is 41.0 Å². The maximum Gasteiger partial charge on any atom is 0.280 e. The zero-order valence-electron chi connectivity index (χ0n) is 24.7. The summed E-state index contributed by atoms with van der Waals surface area (Å²) in [6.45, 7) is 1.94. The van der Waals surface area contributed by atoms with E-state index in [2.05, 4.69) is 68.8 Å². The topological polar surface area (TPSA) is 192 Å². The second-order valence-corrected chi connectivity index (χ2v) is 10.7. The normalized spacial score (nSPS) is 11.4. The van der Waals surface area contributed by atoms with Gasteiger partial charge in [-0.25, -0.2) is 9.97 Å². The number of nitrogen functional groups attached to an aromatic ring is 2. The van der Waals surface area contributed by atoms with Crippen LogP contribution in [0.1, 0.15) is 60.1 Å². The number of hydrogen-bond acceptors (Lipinski definition) is 8. The lowest BCUT2D eigenvalue weighted by Crippen LogP contribution is -2.38. The number of aliphatic imine (C=N–C) groups is 1. The van der Waals surface area contributed by atoms with Gasteiger partial charge in [0.1, 0.15) is 0 Å². The molecule has 1 aromatic heterocycles. The van der Waals surface area contributed by atoms with Crippen LogP contribution in [0.2, 0.25) is 5.15 Å². The molecule has 2 aromatic carbocycles. The molecule has 0 bridgehead atoms. The van der Waals surface area contributed by atoms with Gasteiger partial charge in [0.15, 0.2) is 28.4 Å². The number of nitrogens with one attached hydrogen (secondary N) is 1. The van der Waals surface area contributed by atoms with Crippen molar-refractivity contribution in [2.24, 2.45) is 16.5 Å². The highest BCUT2D eigenvalue weighted by Gasteiger charge is 2.16. The Morgan fingerprint density at radius 1 is 0.860 bits per heavy atom. The van der Waals surface area contributed by atoms with Gasteiger partial charge in [0, 0.05) is 26.6 Å². The molecule has 0 unspecified atom stereocenters. The van der Waals surface area contributed by atoms with Gasteiger partial charge in [-0.1, -0.05) is 66.6 Å². The van der Waals surface area contributed by atoms with Crippen molar-refractivity contribution in [3.8, 4) is 11.1 Å². The first-order valence-electron chi connectivity index (χ1n) is 14.5. The van der Waals surface area contributed by atoms with E-state index in [1.807, 2.05) is 11.9 Å². The Labute approximate surface area is 258 Å². The molecule has 2 amide bonds. The first-order chi connectivity index (χ1) is 20.7. The van der Waals surface area contributed by atoms with Gasteiger partial charge in [0.2, 0.25) is 5.91 Å². The Kier molecular flexibility index (Phi) is 13.2. The summed E-state index contributed by atoms with van der Waals surface area (Å²) in [5.41, 5.74) is 27.1. The van der Waals surface area contributed by atoms with Crippen molar-refractivity contribution in [1.82, 2.24) is 20.2 Å². The highest BCUT2D eigenvalue weighted by Crippen LogP contribution is 2.22. The summed E-state index contributed by atoms with van der Waals surface area (Å²) >= 11 is 5.82. The number of guanidine groups is 1. The minimum atomic E-state index is -0.661. The number of nitrogens with zero attached hydrogens (tertiary/aromatic N) is 4. The Balaban J connectivity index is 1.38. The fourth-order valence-corrected chi connectivity index (χ4v) is 4.56. The number of carbonyl (C=O) groups is 2. The van der Waals surface area contributed by atoms with Crippen LogP contribution in [0.15, 0.2) is 53.5 Å². The van der Waals surface area contributed by atoms with E-state index in [1.54, 1.807) is 0 Å². The maximum atomic E-state index is 12.4. The molecule has 0 radical (unpaired) electrons. The zero-order chi connectivity index (χ0) is 31.2. The average molecular weight is 608 g/mol. The van der Waals surface area contributed by atoms with Crippen LogP contribution in [-0.4, -0.2) is 59.3 Å².